The van der Waals surface area contributed by atoms with Crippen molar-refractivity contribution >= 4 is 43.6 Å². The lowest BCUT2D eigenvalue weighted by Crippen LogP contribution is -2.12. The number of nitrogens with zero attached hydrogens (tertiary/aromatic N) is 3. The van der Waals surface area contributed by atoms with Gasteiger partial charge >= 0.3 is 30.9 Å². The van der Waals surface area contributed by atoms with Gasteiger partial charge in [-0.2, -0.15) is 71.1 Å². The van der Waals surface area contributed by atoms with Crippen LogP contribution in [0, 0.1) is 11.3 Å². The van der Waals surface area contributed by atoms with Gasteiger partial charge in [-0.15, -0.1) is 0 Å². The monoisotopic (exact) mass is 1000 g/mol. The van der Waals surface area contributed by atoms with E-state index in [0.29, 0.717) is 35.0 Å². The Morgan fingerprint density at radius 1 is 0.333 bits per heavy atom. The second-order valence-electron chi connectivity index (χ2n) is 16.8. The maximum Gasteiger partial charge on any atom is 0.417 e. The zero-order valence-electron chi connectivity index (χ0n) is 36.0. The Morgan fingerprint density at radius 2 is 0.750 bits per heavy atom. The van der Waals surface area contributed by atoms with Crippen LogP contribution in [-0.4, -0.2) is 9.13 Å². The largest absolute Gasteiger partial charge is 0.417 e. The zero-order valence-corrected chi connectivity index (χ0v) is 36.0. The lowest BCUT2D eigenvalue weighted by Gasteiger charge is -2.23. The molecule has 0 aliphatic rings. The van der Waals surface area contributed by atoms with E-state index in [1.807, 2.05) is 6.07 Å². The third-order valence-electron chi connectivity index (χ3n) is 12.5. The molecule has 0 saturated heterocycles. The summed E-state index contributed by atoms with van der Waals surface area (Å²) in [5, 5.41) is 11.1. The number of alkyl halides is 15. The maximum atomic E-state index is 15.5. The van der Waals surface area contributed by atoms with Gasteiger partial charge in [0, 0.05) is 27.1 Å². The molecule has 8 aromatic carbocycles. The van der Waals surface area contributed by atoms with Gasteiger partial charge in [-0.05, 0) is 113 Å². The van der Waals surface area contributed by atoms with Crippen LogP contribution in [0.5, 0.6) is 0 Å². The Bertz CT molecular complexity index is 3660. The quantitative estimate of drug-likeness (QED) is 0.158. The van der Waals surface area contributed by atoms with Crippen LogP contribution in [0.2, 0.25) is 0 Å². The highest BCUT2D eigenvalue weighted by molar-refractivity contribution is 6.13. The van der Waals surface area contributed by atoms with Crippen LogP contribution in [0.3, 0.4) is 0 Å². The molecule has 0 spiro atoms. The van der Waals surface area contributed by atoms with Crippen molar-refractivity contribution in [2.24, 2.45) is 0 Å². The molecule has 0 aliphatic carbocycles. The number of nitriles is 1. The molecular weight excluding hydrogens is 976 g/mol. The molecular formula is C54H26F15N3. The number of hydrogen-bond donors (Lipinski definition) is 0. The van der Waals surface area contributed by atoms with Gasteiger partial charge in [-0.3, -0.25) is 0 Å². The molecule has 0 aliphatic heterocycles. The van der Waals surface area contributed by atoms with Crippen molar-refractivity contribution in [2.75, 3.05) is 0 Å². The van der Waals surface area contributed by atoms with E-state index in [1.54, 1.807) is 48.5 Å². The third kappa shape index (κ3) is 8.11. The maximum absolute atomic E-state index is 15.5. The van der Waals surface area contributed by atoms with E-state index in [1.165, 1.54) is 69.8 Å². The first kappa shape index (κ1) is 47.5. The van der Waals surface area contributed by atoms with E-state index in [4.69, 9.17) is 0 Å². The SMILES string of the molecule is N#Cc1cccc(-c2c(-n3c4ccccc4c4cc(-c5ccc(C(F)(F)F)cc5C(F)(F)F)ccc43)cc(C(F)(F)F)cc2-n2c3ccccc3c3cc(-c4ccc(C(F)(F)F)cc4C(F)(F)F)ccc32)c1. The van der Waals surface area contributed by atoms with E-state index in [9.17, 15) is 57.9 Å². The predicted molar refractivity (Wildman–Crippen MR) is 241 cm³/mol. The molecule has 2 heterocycles. The molecule has 0 N–H and O–H groups in total. The van der Waals surface area contributed by atoms with Gasteiger partial charge in [0.05, 0.1) is 72.9 Å². The molecule has 2 aromatic heterocycles. The van der Waals surface area contributed by atoms with Crippen LogP contribution in [0.15, 0.2) is 158 Å². The standard InChI is InChI=1S/C54H26F15N3/c55-50(56,57)32-14-16-35(41(23-32)53(64,65)66)29-12-18-45-39(21-29)37-8-1-3-10-43(37)71(45)47-25-34(52(61,62)63)26-48(49(47)31-7-5-6-28(20-31)27-70)72-44-11-4-2-9-38(44)40-22-30(13-19-46(40)72)36-17-15-33(51(58,59)60)24-42(36)54(67,68)69/h1-26H. The molecule has 0 radical (unpaired) electrons. The Balaban J connectivity index is 1.30. The topological polar surface area (TPSA) is 33.6 Å². The average Bonchev–Trinajstić information content (AvgIpc) is 3.84. The first-order chi connectivity index (χ1) is 33.8. The first-order valence-corrected chi connectivity index (χ1v) is 21.2. The summed E-state index contributed by atoms with van der Waals surface area (Å²) >= 11 is 0. The Labute approximate surface area is 395 Å². The minimum absolute atomic E-state index is 0.00142. The number of benzene rings is 8. The van der Waals surface area contributed by atoms with Crippen molar-refractivity contribution in [3.63, 3.8) is 0 Å². The van der Waals surface area contributed by atoms with E-state index in [0.717, 1.165) is 12.1 Å². The van der Waals surface area contributed by atoms with Crippen molar-refractivity contribution in [3.05, 3.63) is 191 Å². The molecule has 18 heteroatoms. The number of rotatable bonds is 5. The van der Waals surface area contributed by atoms with Crippen molar-refractivity contribution in [1.82, 2.24) is 9.13 Å². The van der Waals surface area contributed by atoms with Gasteiger partial charge < -0.3 is 9.13 Å². The molecule has 10 aromatic rings. The number of hydrogen-bond acceptors (Lipinski definition) is 1. The summed E-state index contributed by atoms with van der Waals surface area (Å²) in [6.07, 6.45) is -25.8. The van der Waals surface area contributed by atoms with Crippen LogP contribution in [0.1, 0.15) is 33.4 Å². The third-order valence-corrected chi connectivity index (χ3v) is 12.5. The Kier molecular flexibility index (Phi) is 10.8. The van der Waals surface area contributed by atoms with Crippen molar-refractivity contribution < 1.29 is 65.9 Å². The molecule has 0 fully saturated rings. The molecule has 0 bridgehead atoms. The second-order valence-corrected chi connectivity index (χ2v) is 16.8. The van der Waals surface area contributed by atoms with Gasteiger partial charge in [0.15, 0.2) is 0 Å². The molecule has 10 rings (SSSR count). The van der Waals surface area contributed by atoms with E-state index in [2.05, 4.69) is 0 Å². The summed E-state index contributed by atoms with van der Waals surface area (Å²) in [5.74, 6) is 0. The molecule has 0 unspecified atom stereocenters. The fourth-order valence-electron chi connectivity index (χ4n) is 9.38. The fourth-order valence-corrected chi connectivity index (χ4v) is 9.38. The van der Waals surface area contributed by atoms with E-state index in [-0.39, 0.29) is 84.2 Å². The fraction of sp³-hybridized carbons (Fsp3) is 0.0926. The Morgan fingerprint density at radius 3 is 1.15 bits per heavy atom. The van der Waals surface area contributed by atoms with Crippen molar-refractivity contribution in [2.45, 2.75) is 30.9 Å². The van der Waals surface area contributed by atoms with Crippen LogP contribution in [-0.2, 0) is 30.9 Å². The summed E-state index contributed by atoms with van der Waals surface area (Å²) in [6.45, 7) is 0. The normalized spacial score (nSPS) is 12.9. The summed E-state index contributed by atoms with van der Waals surface area (Å²) in [4.78, 5) is 0. The summed E-state index contributed by atoms with van der Waals surface area (Å²) in [6, 6.07) is 32.1. The summed E-state index contributed by atoms with van der Waals surface area (Å²) in [5.41, 5.74) is -8.23. The molecule has 3 nitrogen and oxygen atoms in total. The van der Waals surface area contributed by atoms with Crippen LogP contribution < -0.4 is 0 Å². The molecule has 362 valence electrons. The van der Waals surface area contributed by atoms with E-state index < -0.39 is 69.8 Å². The number of fused-ring (bicyclic) bond motifs is 6. The number of para-hydroxylation sites is 2. The van der Waals surface area contributed by atoms with Gasteiger partial charge in [-0.1, -0.05) is 72.8 Å². The van der Waals surface area contributed by atoms with Gasteiger partial charge in [0.2, 0.25) is 0 Å². The van der Waals surface area contributed by atoms with Crippen molar-refractivity contribution in [3.8, 4) is 50.8 Å². The predicted octanol–water partition coefficient (Wildman–Crippen LogP) is 17.8. The van der Waals surface area contributed by atoms with Crippen LogP contribution in [0.4, 0.5) is 65.9 Å². The molecule has 0 atom stereocenters. The molecule has 0 saturated carbocycles. The number of aromatic nitrogens is 2. The zero-order chi connectivity index (χ0) is 51.4. The van der Waals surface area contributed by atoms with Crippen LogP contribution in [0.25, 0.3) is 88.4 Å². The summed E-state index contributed by atoms with van der Waals surface area (Å²) in [7, 11) is 0. The van der Waals surface area contributed by atoms with Crippen LogP contribution >= 0.6 is 0 Å². The highest BCUT2D eigenvalue weighted by atomic mass is 19.4. The minimum atomic E-state index is -5.25. The van der Waals surface area contributed by atoms with E-state index >= 15 is 13.2 Å². The van der Waals surface area contributed by atoms with Gasteiger partial charge in [0.1, 0.15) is 0 Å². The highest BCUT2D eigenvalue weighted by Gasteiger charge is 2.41. The highest BCUT2D eigenvalue weighted by Crippen LogP contribution is 2.49. The Hall–Kier alpha value is -8.20. The lowest BCUT2D eigenvalue weighted by molar-refractivity contribution is -0.144. The smallest absolute Gasteiger partial charge is 0.309 e. The van der Waals surface area contributed by atoms with Gasteiger partial charge in [0.25, 0.3) is 0 Å². The average molecular weight is 1000 g/mol. The lowest BCUT2D eigenvalue weighted by atomic mass is 9.95. The minimum Gasteiger partial charge on any atom is -0.309 e. The second kappa shape index (κ2) is 16.4. The summed E-state index contributed by atoms with van der Waals surface area (Å²) < 4.78 is 218. The number of halogens is 15. The molecule has 72 heavy (non-hydrogen) atoms. The van der Waals surface area contributed by atoms with Crippen molar-refractivity contribution in [1.29, 1.82) is 5.26 Å². The molecule has 0 amide bonds. The first-order valence-electron chi connectivity index (χ1n) is 21.2. The van der Waals surface area contributed by atoms with Gasteiger partial charge in [-0.25, -0.2) is 0 Å².